The molecule has 0 spiro atoms. The molecule has 0 aliphatic heterocycles. The lowest BCUT2D eigenvalue weighted by Gasteiger charge is -2.11. The quantitative estimate of drug-likeness (QED) is 0.409. The minimum Gasteiger partial charge on any atom is -0.493 e. The summed E-state index contributed by atoms with van der Waals surface area (Å²) in [5.74, 6) is -0.812. The van der Waals surface area contributed by atoms with Gasteiger partial charge in [-0.1, -0.05) is 12.1 Å². The lowest BCUT2D eigenvalue weighted by atomic mass is 10.1. The molecule has 1 aliphatic rings. The molecule has 0 radical (unpaired) electrons. The summed E-state index contributed by atoms with van der Waals surface area (Å²) in [5, 5.41) is 10.3. The lowest BCUT2D eigenvalue weighted by molar-refractivity contribution is -0.274. The van der Waals surface area contributed by atoms with Crippen molar-refractivity contribution in [3.63, 3.8) is 0 Å². The number of ether oxygens (including phenoxy) is 1. The van der Waals surface area contributed by atoms with Gasteiger partial charge in [0.25, 0.3) is 0 Å². The third-order valence-corrected chi connectivity index (χ3v) is 4.80. The Morgan fingerprint density at radius 1 is 1.28 bits per heavy atom. The number of hydrogen-bond donors (Lipinski definition) is 3. The maximum Gasteiger partial charge on any atom is 0.573 e. The second kappa shape index (κ2) is 7.25. The van der Waals surface area contributed by atoms with Crippen LogP contribution in [0.25, 0.3) is 16.9 Å². The summed E-state index contributed by atoms with van der Waals surface area (Å²) in [6.07, 6.45) is 1.43. The average molecular weight is 444 g/mol. The van der Waals surface area contributed by atoms with E-state index >= 15 is 0 Å². The Labute approximate surface area is 177 Å². The molecule has 1 fully saturated rings. The molecule has 3 heterocycles. The summed E-state index contributed by atoms with van der Waals surface area (Å²) < 4.78 is 43.9. The summed E-state index contributed by atoms with van der Waals surface area (Å²) >= 11 is 0. The Hall–Kier alpha value is -4.09. The standard InChI is InChI=1S/C20H15F3N6O3/c21-20(22,23)32-12-3-1-2-10(8-12)14-17(29-7-6-24-9-13(29)26-14)15(25-11-4-5-11)16-18(30)28-19(31)27-16/h1-3,6-9,11,30H,4-5H2,(H2,27,28,31). The minimum atomic E-state index is -4.85. The van der Waals surface area contributed by atoms with Gasteiger partial charge in [-0.25, -0.2) is 9.78 Å². The van der Waals surface area contributed by atoms with Crippen LogP contribution in [-0.4, -0.2) is 47.6 Å². The highest BCUT2D eigenvalue weighted by Crippen LogP contribution is 2.33. The molecule has 0 unspecified atom stereocenters. The number of nitrogens with zero attached hydrogens (tertiary/aromatic N) is 4. The van der Waals surface area contributed by atoms with Crippen molar-refractivity contribution in [3.05, 3.63) is 64.7 Å². The van der Waals surface area contributed by atoms with Crippen LogP contribution in [0.15, 0.2) is 52.6 Å². The van der Waals surface area contributed by atoms with E-state index in [4.69, 9.17) is 0 Å². The highest BCUT2D eigenvalue weighted by atomic mass is 19.4. The number of aromatic hydroxyl groups is 1. The van der Waals surface area contributed by atoms with Crippen LogP contribution < -0.4 is 10.4 Å². The second-order valence-electron chi connectivity index (χ2n) is 7.20. The van der Waals surface area contributed by atoms with Gasteiger partial charge in [-0.2, -0.15) is 0 Å². The van der Waals surface area contributed by atoms with Gasteiger partial charge in [-0.15, -0.1) is 13.2 Å². The fourth-order valence-corrected chi connectivity index (χ4v) is 3.35. The van der Waals surface area contributed by atoms with E-state index in [1.54, 1.807) is 16.7 Å². The number of imidazole rings is 2. The Morgan fingerprint density at radius 2 is 2.09 bits per heavy atom. The number of aliphatic imine (C=N–C) groups is 1. The van der Waals surface area contributed by atoms with Gasteiger partial charge in [0, 0.05) is 18.0 Å². The molecule has 0 atom stereocenters. The van der Waals surface area contributed by atoms with E-state index in [1.165, 1.54) is 30.6 Å². The number of H-pyrrole nitrogens is 2. The molecule has 3 aromatic heterocycles. The minimum absolute atomic E-state index is 0.0112. The van der Waals surface area contributed by atoms with Crippen LogP contribution in [-0.2, 0) is 0 Å². The Balaban J connectivity index is 1.75. The third-order valence-electron chi connectivity index (χ3n) is 4.80. The monoisotopic (exact) mass is 444 g/mol. The number of halogens is 3. The number of fused-ring (bicyclic) bond motifs is 1. The van der Waals surface area contributed by atoms with Crippen LogP contribution >= 0.6 is 0 Å². The lowest BCUT2D eigenvalue weighted by Crippen LogP contribution is -2.17. The first kappa shape index (κ1) is 19.8. The van der Waals surface area contributed by atoms with Crippen LogP contribution in [0.5, 0.6) is 11.6 Å². The zero-order valence-electron chi connectivity index (χ0n) is 16.2. The maximum absolute atomic E-state index is 12.7. The Kier molecular flexibility index (Phi) is 4.50. The van der Waals surface area contributed by atoms with E-state index in [-0.39, 0.29) is 23.1 Å². The van der Waals surface area contributed by atoms with Crippen LogP contribution in [0, 0.1) is 0 Å². The van der Waals surface area contributed by atoms with E-state index in [9.17, 15) is 23.1 Å². The number of rotatable bonds is 5. The molecular formula is C20H15F3N6O3. The average Bonchev–Trinajstić information content (AvgIpc) is 3.37. The van der Waals surface area contributed by atoms with Crippen molar-refractivity contribution in [1.29, 1.82) is 0 Å². The summed E-state index contributed by atoms with van der Waals surface area (Å²) in [5.41, 5.74) is 1.07. The highest BCUT2D eigenvalue weighted by molar-refractivity contribution is 6.15. The number of aromatic amines is 2. The molecule has 0 saturated heterocycles. The van der Waals surface area contributed by atoms with Crippen molar-refractivity contribution < 1.29 is 23.0 Å². The van der Waals surface area contributed by atoms with Gasteiger partial charge < -0.3 is 14.8 Å². The fourth-order valence-electron chi connectivity index (χ4n) is 3.35. The smallest absolute Gasteiger partial charge is 0.493 e. The van der Waals surface area contributed by atoms with Gasteiger partial charge in [-0.05, 0) is 25.0 Å². The van der Waals surface area contributed by atoms with Crippen LogP contribution in [0.3, 0.4) is 0 Å². The first-order valence-electron chi connectivity index (χ1n) is 9.56. The van der Waals surface area contributed by atoms with Crippen molar-refractivity contribution in [2.75, 3.05) is 0 Å². The van der Waals surface area contributed by atoms with Crippen molar-refractivity contribution >= 4 is 11.4 Å². The molecule has 32 heavy (non-hydrogen) atoms. The highest BCUT2D eigenvalue weighted by Gasteiger charge is 2.32. The second-order valence-corrected chi connectivity index (χ2v) is 7.20. The predicted octanol–water partition coefficient (Wildman–Crippen LogP) is 3.02. The van der Waals surface area contributed by atoms with E-state index in [0.29, 0.717) is 16.9 Å². The number of hydrogen-bond acceptors (Lipinski definition) is 6. The predicted molar refractivity (Wildman–Crippen MR) is 107 cm³/mol. The van der Waals surface area contributed by atoms with E-state index in [1.807, 2.05) is 0 Å². The fraction of sp³-hybridized carbons (Fsp3) is 0.200. The zero-order valence-corrected chi connectivity index (χ0v) is 16.2. The number of alkyl halides is 3. The molecule has 9 nitrogen and oxygen atoms in total. The SMILES string of the molecule is O=c1[nH]c(O)c(C(=NC2CC2)c2c(-c3cccc(OC(F)(F)F)c3)nc3cnccn23)[nH]1. The third kappa shape index (κ3) is 3.82. The number of aromatic nitrogens is 5. The van der Waals surface area contributed by atoms with Gasteiger partial charge in [0.15, 0.2) is 5.65 Å². The topological polar surface area (TPSA) is 121 Å². The van der Waals surface area contributed by atoms with Crippen molar-refractivity contribution in [2.45, 2.75) is 25.2 Å². The normalized spacial score (nSPS) is 14.8. The zero-order chi connectivity index (χ0) is 22.5. The Bertz CT molecular complexity index is 1400. The molecule has 1 saturated carbocycles. The number of nitrogens with one attached hydrogen (secondary N) is 2. The molecule has 0 amide bonds. The van der Waals surface area contributed by atoms with Gasteiger partial charge in [0.1, 0.15) is 22.8 Å². The molecule has 0 bridgehead atoms. The van der Waals surface area contributed by atoms with E-state index < -0.39 is 23.7 Å². The molecule has 5 rings (SSSR count). The molecule has 3 N–H and O–H groups in total. The van der Waals surface area contributed by atoms with Crippen LogP contribution in [0.4, 0.5) is 13.2 Å². The van der Waals surface area contributed by atoms with Crippen molar-refractivity contribution in [2.24, 2.45) is 4.99 Å². The summed E-state index contributed by atoms with van der Waals surface area (Å²) in [4.78, 5) is 29.8. The molecule has 1 aromatic carbocycles. The van der Waals surface area contributed by atoms with E-state index in [2.05, 4.69) is 29.7 Å². The van der Waals surface area contributed by atoms with E-state index in [0.717, 1.165) is 12.8 Å². The summed E-state index contributed by atoms with van der Waals surface area (Å²) in [7, 11) is 0. The summed E-state index contributed by atoms with van der Waals surface area (Å²) in [6, 6.07) is 5.37. The molecule has 4 aromatic rings. The number of benzene rings is 1. The largest absolute Gasteiger partial charge is 0.573 e. The summed E-state index contributed by atoms with van der Waals surface area (Å²) in [6.45, 7) is 0. The molecule has 1 aliphatic carbocycles. The first-order chi connectivity index (χ1) is 15.3. The maximum atomic E-state index is 12.7. The molecule has 12 heteroatoms. The van der Waals surface area contributed by atoms with Gasteiger partial charge in [0.05, 0.1) is 17.9 Å². The first-order valence-corrected chi connectivity index (χ1v) is 9.56. The van der Waals surface area contributed by atoms with Gasteiger partial charge >= 0.3 is 12.1 Å². The molecular weight excluding hydrogens is 429 g/mol. The van der Waals surface area contributed by atoms with Crippen molar-refractivity contribution in [1.82, 2.24) is 24.3 Å². The van der Waals surface area contributed by atoms with Crippen molar-refractivity contribution in [3.8, 4) is 22.9 Å². The van der Waals surface area contributed by atoms with Gasteiger partial charge in [-0.3, -0.25) is 19.4 Å². The Morgan fingerprint density at radius 3 is 2.78 bits per heavy atom. The molecule has 164 valence electrons. The van der Waals surface area contributed by atoms with Crippen LogP contribution in [0.2, 0.25) is 0 Å². The van der Waals surface area contributed by atoms with Crippen LogP contribution in [0.1, 0.15) is 24.2 Å². The van der Waals surface area contributed by atoms with Gasteiger partial charge in [0.2, 0.25) is 5.88 Å².